The maximum absolute atomic E-state index is 12.8. The van der Waals surface area contributed by atoms with Crippen molar-refractivity contribution in [3.05, 3.63) is 36.5 Å². The summed E-state index contributed by atoms with van der Waals surface area (Å²) in [6.45, 7) is 6.57. The van der Waals surface area contributed by atoms with E-state index < -0.39 is 6.10 Å². The van der Waals surface area contributed by atoms with Crippen LogP contribution in [0.1, 0.15) is 284 Å². The molecule has 62 heavy (non-hydrogen) atoms. The first-order valence-corrected chi connectivity index (χ1v) is 27.0. The van der Waals surface area contributed by atoms with Gasteiger partial charge in [0, 0.05) is 19.3 Å². The summed E-state index contributed by atoms with van der Waals surface area (Å²) < 4.78 is 16.8. The SMILES string of the molecule is CCC/C=C\CCCCCCCC(=O)OCC(COC(=O)CCCCCCCCCCC/C=C\C/C=C\CCCCC)OC(=O)CCCCCCCCCCCCCCCCC. The smallest absolute Gasteiger partial charge is 0.306 e. The van der Waals surface area contributed by atoms with Crippen LogP contribution in [0.25, 0.3) is 0 Å². The van der Waals surface area contributed by atoms with E-state index in [4.69, 9.17) is 14.2 Å². The maximum atomic E-state index is 12.8. The highest BCUT2D eigenvalue weighted by atomic mass is 16.6. The van der Waals surface area contributed by atoms with Gasteiger partial charge in [-0.25, -0.2) is 0 Å². The van der Waals surface area contributed by atoms with Crippen LogP contribution >= 0.6 is 0 Å². The van der Waals surface area contributed by atoms with Gasteiger partial charge in [0.2, 0.25) is 0 Å². The lowest BCUT2D eigenvalue weighted by atomic mass is 10.0. The standard InChI is InChI=1S/C56H102O6/c1-4-7-10-13-16-19-22-24-26-27-28-29-31-32-34-37-40-43-46-49-55(58)61-52-53(51-60-54(57)48-45-42-39-36-21-18-15-12-9-6-3)62-56(59)50-47-44-41-38-35-33-30-25-23-20-17-14-11-8-5-2/h12,15-16,19,24,26,53H,4-11,13-14,17-18,20-23,25,27-52H2,1-3H3/b15-12-,19-16-,26-24-. The van der Waals surface area contributed by atoms with Crippen LogP contribution in [-0.4, -0.2) is 37.2 Å². The number of carbonyl (C=O) groups excluding carboxylic acids is 3. The van der Waals surface area contributed by atoms with E-state index in [1.54, 1.807) is 0 Å². The third-order valence-electron chi connectivity index (χ3n) is 11.8. The molecule has 0 saturated carbocycles. The third-order valence-corrected chi connectivity index (χ3v) is 11.8. The van der Waals surface area contributed by atoms with Crippen molar-refractivity contribution in [1.82, 2.24) is 0 Å². The van der Waals surface area contributed by atoms with Gasteiger partial charge in [-0.15, -0.1) is 0 Å². The molecule has 0 aliphatic heterocycles. The lowest BCUT2D eigenvalue weighted by Gasteiger charge is -2.18. The van der Waals surface area contributed by atoms with Crippen molar-refractivity contribution in [1.29, 1.82) is 0 Å². The minimum absolute atomic E-state index is 0.0740. The number of carbonyl (C=O) groups is 3. The zero-order chi connectivity index (χ0) is 45.1. The van der Waals surface area contributed by atoms with E-state index >= 15 is 0 Å². The molecule has 0 N–H and O–H groups in total. The van der Waals surface area contributed by atoms with Gasteiger partial charge >= 0.3 is 17.9 Å². The van der Waals surface area contributed by atoms with Crippen LogP contribution in [0.2, 0.25) is 0 Å². The second kappa shape index (κ2) is 51.3. The summed E-state index contributed by atoms with van der Waals surface area (Å²) in [5.41, 5.74) is 0. The molecule has 0 saturated heterocycles. The Balaban J connectivity index is 4.29. The van der Waals surface area contributed by atoms with E-state index in [-0.39, 0.29) is 31.1 Å². The van der Waals surface area contributed by atoms with Crippen LogP contribution in [-0.2, 0) is 28.6 Å². The lowest BCUT2D eigenvalue weighted by Crippen LogP contribution is -2.30. The Kier molecular flexibility index (Phi) is 49.3. The Morgan fingerprint density at radius 3 is 1.00 bits per heavy atom. The second-order valence-corrected chi connectivity index (χ2v) is 18.1. The zero-order valence-corrected chi connectivity index (χ0v) is 41.4. The molecule has 0 aromatic rings. The molecule has 0 bridgehead atoms. The zero-order valence-electron chi connectivity index (χ0n) is 41.4. The highest BCUT2D eigenvalue weighted by molar-refractivity contribution is 5.71. The van der Waals surface area contributed by atoms with E-state index in [0.29, 0.717) is 19.3 Å². The maximum Gasteiger partial charge on any atom is 0.306 e. The number of unbranched alkanes of at least 4 members (excludes halogenated alkanes) is 32. The van der Waals surface area contributed by atoms with Gasteiger partial charge in [-0.1, -0.05) is 231 Å². The van der Waals surface area contributed by atoms with Crippen molar-refractivity contribution in [2.75, 3.05) is 13.2 Å². The topological polar surface area (TPSA) is 78.9 Å². The predicted molar refractivity (Wildman–Crippen MR) is 266 cm³/mol. The lowest BCUT2D eigenvalue weighted by molar-refractivity contribution is -0.167. The van der Waals surface area contributed by atoms with Gasteiger partial charge in [0.25, 0.3) is 0 Å². The van der Waals surface area contributed by atoms with Gasteiger partial charge in [0.1, 0.15) is 13.2 Å². The van der Waals surface area contributed by atoms with Gasteiger partial charge < -0.3 is 14.2 Å². The number of hydrogen-bond donors (Lipinski definition) is 0. The molecular formula is C56H102O6. The summed E-state index contributed by atoms with van der Waals surface area (Å²) in [6, 6.07) is 0. The van der Waals surface area contributed by atoms with Gasteiger partial charge in [0.15, 0.2) is 6.10 Å². The molecule has 362 valence electrons. The van der Waals surface area contributed by atoms with E-state index in [9.17, 15) is 14.4 Å². The van der Waals surface area contributed by atoms with Crippen molar-refractivity contribution < 1.29 is 28.6 Å². The van der Waals surface area contributed by atoms with Crippen LogP contribution in [0.15, 0.2) is 36.5 Å². The first kappa shape index (κ1) is 59.6. The molecule has 0 fully saturated rings. The van der Waals surface area contributed by atoms with Crippen LogP contribution in [0.4, 0.5) is 0 Å². The summed E-state index contributed by atoms with van der Waals surface area (Å²) in [7, 11) is 0. The number of rotatable bonds is 49. The highest BCUT2D eigenvalue weighted by Crippen LogP contribution is 2.16. The molecule has 6 nitrogen and oxygen atoms in total. The molecule has 1 unspecified atom stereocenters. The summed E-state index contributed by atoms with van der Waals surface area (Å²) in [6.07, 6.45) is 59.9. The molecular weight excluding hydrogens is 769 g/mol. The fourth-order valence-corrected chi connectivity index (χ4v) is 7.77. The quantitative estimate of drug-likeness (QED) is 0.0262. The Morgan fingerprint density at radius 1 is 0.323 bits per heavy atom. The van der Waals surface area contributed by atoms with Crippen LogP contribution in [0, 0.1) is 0 Å². The number of hydrogen-bond acceptors (Lipinski definition) is 6. The number of ether oxygens (including phenoxy) is 3. The molecule has 0 aromatic carbocycles. The Hall–Kier alpha value is -2.37. The second-order valence-electron chi connectivity index (χ2n) is 18.1. The van der Waals surface area contributed by atoms with E-state index in [2.05, 4.69) is 57.2 Å². The Labute approximate surface area is 385 Å². The molecule has 0 amide bonds. The van der Waals surface area contributed by atoms with Crippen molar-refractivity contribution in [3.63, 3.8) is 0 Å². The van der Waals surface area contributed by atoms with Gasteiger partial charge in [-0.05, 0) is 70.6 Å². The van der Waals surface area contributed by atoms with E-state index in [1.165, 1.54) is 167 Å². The number of esters is 3. The molecule has 0 aliphatic carbocycles. The predicted octanol–water partition coefficient (Wildman–Crippen LogP) is 17.7. The van der Waals surface area contributed by atoms with Crippen LogP contribution < -0.4 is 0 Å². The van der Waals surface area contributed by atoms with Gasteiger partial charge in [0.05, 0.1) is 0 Å². The van der Waals surface area contributed by atoms with Crippen molar-refractivity contribution in [3.8, 4) is 0 Å². The van der Waals surface area contributed by atoms with Crippen molar-refractivity contribution in [2.24, 2.45) is 0 Å². The molecule has 0 heterocycles. The molecule has 0 radical (unpaired) electrons. The summed E-state index contributed by atoms with van der Waals surface area (Å²) in [4.78, 5) is 38.0. The van der Waals surface area contributed by atoms with E-state index in [0.717, 1.165) is 77.0 Å². The Bertz CT molecular complexity index is 1050. The van der Waals surface area contributed by atoms with Gasteiger partial charge in [-0.2, -0.15) is 0 Å². The molecule has 6 heteroatoms. The monoisotopic (exact) mass is 871 g/mol. The molecule has 0 aromatic heterocycles. The van der Waals surface area contributed by atoms with Crippen molar-refractivity contribution >= 4 is 17.9 Å². The largest absolute Gasteiger partial charge is 0.462 e. The summed E-state index contributed by atoms with van der Waals surface area (Å²) in [5, 5.41) is 0. The Morgan fingerprint density at radius 2 is 0.613 bits per heavy atom. The minimum Gasteiger partial charge on any atom is -0.462 e. The fourth-order valence-electron chi connectivity index (χ4n) is 7.77. The summed E-state index contributed by atoms with van der Waals surface area (Å²) >= 11 is 0. The molecule has 1 atom stereocenters. The highest BCUT2D eigenvalue weighted by Gasteiger charge is 2.19. The van der Waals surface area contributed by atoms with Crippen LogP contribution in [0.5, 0.6) is 0 Å². The summed E-state index contributed by atoms with van der Waals surface area (Å²) in [5.74, 6) is -0.876. The van der Waals surface area contributed by atoms with Gasteiger partial charge in [-0.3, -0.25) is 14.4 Å². The van der Waals surface area contributed by atoms with Crippen LogP contribution in [0.3, 0.4) is 0 Å². The average molecular weight is 871 g/mol. The third kappa shape index (κ3) is 48.7. The molecule has 0 aliphatic rings. The number of allylic oxidation sites excluding steroid dienone is 6. The molecule has 0 spiro atoms. The fraction of sp³-hybridized carbons (Fsp3) is 0.839. The first-order valence-electron chi connectivity index (χ1n) is 27.0. The minimum atomic E-state index is -0.772. The van der Waals surface area contributed by atoms with E-state index in [1.807, 2.05) is 0 Å². The van der Waals surface area contributed by atoms with Crippen molar-refractivity contribution in [2.45, 2.75) is 290 Å². The molecule has 0 rings (SSSR count). The normalized spacial score (nSPS) is 12.2. The average Bonchev–Trinajstić information content (AvgIpc) is 3.27. The first-order chi connectivity index (χ1) is 30.5.